The maximum absolute atomic E-state index is 11.7. The first-order valence-corrected chi connectivity index (χ1v) is 6.25. The summed E-state index contributed by atoms with van der Waals surface area (Å²) < 4.78 is 25.7. The second-order valence-corrected chi connectivity index (χ2v) is 5.40. The van der Waals surface area contributed by atoms with E-state index in [9.17, 15) is 13.2 Å². The fourth-order valence-corrected chi connectivity index (χ4v) is 2.40. The average molecular weight is 228 g/mol. The van der Waals surface area contributed by atoms with Crippen molar-refractivity contribution in [2.45, 2.75) is 17.7 Å². The lowest BCUT2D eigenvalue weighted by Gasteiger charge is -2.04. The predicted molar refractivity (Wildman–Crippen MR) is 55.0 cm³/mol. The monoisotopic (exact) mass is 228 g/mol. The molecule has 0 aliphatic heterocycles. The van der Waals surface area contributed by atoms with Gasteiger partial charge in [-0.2, -0.15) is 0 Å². The van der Waals surface area contributed by atoms with Gasteiger partial charge in [0.05, 0.1) is 0 Å². The fourth-order valence-electron chi connectivity index (χ4n) is 1.24. The summed E-state index contributed by atoms with van der Waals surface area (Å²) in [6.45, 7) is 0.427. The molecule has 1 aromatic rings. The van der Waals surface area contributed by atoms with Gasteiger partial charge in [0.2, 0.25) is 15.5 Å². The smallest absolute Gasteiger partial charge is 0.245 e. The summed E-state index contributed by atoms with van der Waals surface area (Å²) in [6, 6.07) is 1.20. The van der Waals surface area contributed by atoms with Crippen LogP contribution in [-0.4, -0.2) is 19.9 Å². The van der Waals surface area contributed by atoms with Crippen molar-refractivity contribution in [2.24, 2.45) is 5.92 Å². The summed E-state index contributed by atoms with van der Waals surface area (Å²) in [5.41, 5.74) is -0.489. The Morgan fingerprint density at radius 1 is 1.47 bits per heavy atom. The Morgan fingerprint density at radius 3 is 2.80 bits per heavy atom. The Balaban J connectivity index is 2.20. The van der Waals surface area contributed by atoms with Gasteiger partial charge < -0.3 is 4.98 Å². The molecule has 0 bridgehead atoms. The minimum atomic E-state index is -3.64. The zero-order valence-electron chi connectivity index (χ0n) is 8.06. The van der Waals surface area contributed by atoms with Gasteiger partial charge in [0, 0.05) is 25.0 Å². The van der Waals surface area contributed by atoms with E-state index in [4.69, 9.17) is 0 Å². The largest absolute Gasteiger partial charge is 0.366 e. The molecule has 0 radical (unpaired) electrons. The molecule has 5 nitrogen and oxygen atoms in total. The molecule has 0 unspecified atom stereocenters. The van der Waals surface area contributed by atoms with Gasteiger partial charge in [-0.05, 0) is 18.8 Å². The summed E-state index contributed by atoms with van der Waals surface area (Å²) in [7, 11) is -3.64. The molecule has 0 saturated heterocycles. The third-order valence-electron chi connectivity index (χ3n) is 2.34. The lowest BCUT2D eigenvalue weighted by molar-refractivity contribution is 0.576. The molecule has 0 aromatic carbocycles. The highest BCUT2D eigenvalue weighted by Gasteiger charge is 2.25. The van der Waals surface area contributed by atoms with E-state index in [0.717, 1.165) is 12.8 Å². The highest BCUT2D eigenvalue weighted by atomic mass is 32.2. The van der Waals surface area contributed by atoms with Crippen molar-refractivity contribution in [3.63, 3.8) is 0 Å². The highest BCUT2D eigenvalue weighted by Crippen LogP contribution is 2.27. The number of hydrogen-bond acceptors (Lipinski definition) is 3. The van der Waals surface area contributed by atoms with E-state index in [1.165, 1.54) is 18.5 Å². The summed E-state index contributed by atoms with van der Waals surface area (Å²) in [5, 5.41) is 0. The number of sulfonamides is 1. The number of nitrogens with one attached hydrogen (secondary N) is 2. The van der Waals surface area contributed by atoms with Crippen molar-refractivity contribution in [1.82, 2.24) is 9.71 Å². The molecule has 15 heavy (non-hydrogen) atoms. The van der Waals surface area contributed by atoms with E-state index in [-0.39, 0.29) is 4.90 Å². The van der Waals surface area contributed by atoms with Crippen molar-refractivity contribution in [1.29, 1.82) is 0 Å². The molecule has 1 aromatic heterocycles. The summed E-state index contributed by atoms with van der Waals surface area (Å²) in [4.78, 5) is 13.7. The fraction of sp³-hybridized carbons (Fsp3) is 0.444. The number of H-pyrrole nitrogens is 1. The Hall–Kier alpha value is -1.14. The van der Waals surface area contributed by atoms with Crippen LogP contribution in [0.15, 0.2) is 28.2 Å². The summed E-state index contributed by atoms with van der Waals surface area (Å²) >= 11 is 0. The van der Waals surface area contributed by atoms with Crippen molar-refractivity contribution in [3.8, 4) is 0 Å². The number of hydrogen-bond donors (Lipinski definition) is 2. The minimum Gasteiger partial charge on any atom is -0.366 e. The van der Waals surface area contributed by atoms with Crippen LogP contribution < -0.4 is 10.2 Å². The summed E-state index contributed by atoms with van der Waals surface area (Å²) in [6.07, 6.45) is 4.74. The van der Waals surface area contributed by atoms with Crippen LogP contribution in [0.4, 0.5) is 0 Å². The number of aromatic nitrogens is 1. The van der Waals surface area contributed by atoms with E-state index in [0.29, 0.717) is 12.5 Å². The number of pyridine rings is 1. The molecule has 1 saturated carbocycles. The highest BCUT2D eigenvalue weighted by molar-refractivity contribution is 7.89. The van der Waals surface area contributed by atoms with E-state index >= 15 is 0 Å². The van der Waals surface area contributed by atoms with Crippen LogP contribution in [0.1, 0.15) is 12.8 Å². The van der Waals surface area contributed by atoms with Gasteiger partial charge in [-0.3, -0.25) is 4.79 Å². The SMILES string of the molecule is O=c1cc[nH]cc1S(=O)(=O)NCC1CC1. The molecule has 0 amide bonds. The van der Waals surface area contributed by atoms with Crippen molar-refractivity contribution >= 4 is 10.0 Å². The molecule has 2 N–H and O–H groups in total. The summed E-state index contributed by atoms with van der Waals surface area (Å²) in [5.74, 6) is 0.447. The molecular weight excluding hydrogens is 216 g/mol. The van der Waals surface area contributed by atoms with Crippen LogP contribution in [0, 0.1) is 5.92 Å². The molecule has 1 heterocycles. The second-order valence-electron chi connectivity index (χ2n) is 3.67. The zero-order valence-corrected chi connectivity index (χ0v) is 8.88. The first kappa shape index (κ1) is 10.4. The third kappa shape index (κ3) is 2.45. The van der Waals surface area contributed by atoms with Gasteiger partial charge in [-0.15, -0.1) is 0 Å². The van der Waals surface area contributed by atoms with E-state index < -0.39 is 15.5 Å². The van der Waals surface area contributed by atoms with E-state index in [1.807, 2.05) is 0 Å². The third-order valence-corrected chi connectivity index (χ3v) is 3.78. The lowest BCUT2D eigenvalue weighted by Crippen LogP contribution is -2.29. The van der Waals surface area contributed by atoms with Gasteiger partial charge >= 0.3 is 0 Å². The Kier molecular flexibility index (Phi) is 2.62. The molecule has 1 aliphatic rings. The first-order chi connectivity index (χ1) is 7.09. The average Bonchev–Trinajstić information content (AvgIpc) is 2.99. The zero-order chi connectivity index (χ0) is 10.9. The lowest BCUT2D eigenvalue weighted by atomic mass is 10.4. The van der Waals surface area contributed by atoms with Gasteiger partial charge in [-0.25, -0.2) is 13.1 Å². The van der Waals surface area contributed by atoms with Gasteiger partial charge in [0.1, 0.15) is 4.90 Å². The Morgan fingerprint density at radius 2 is 2.20 bits per heavy atom. The molecule has 82 valence electrons. The molecule has 6 heteroatoms. The minimum absolute atomic E-state index is 0.217. The molecule has 1 fully saturated rings. The molecule has 2 rings (SSSR count). The van der Waals surface area contributed by atoms with Gasteiger partial charge in [0.25, 0.3) is 0 Å². The van der Waals surface area contributed by atoms with Crippen molar-refractivity contribution in [2.75, 3.05) is 6.54 Å². The maximum atomic E-state index is 11.7. The number of aromatic amines is 1. The van der Waals surface area contributed by atoms with Crippen LogP contribution in [0.3, 0.4) is 0 Å². The number of rotatable bonds is 4. The first-order valence-electron chi connectivity index (χ1n) is 4.76. The Bertz CT molecular complexity index is 502. The second kappa shape index (κ2) is 3.79. The van der Waals surface area contributed by atoms with Gasteiger partial charge in [-0.1, -0.05) is 0 Å². The topological polar surface area (TPSA) is 79.0 Å². The predicted octanol–water partition coefficient (Wildman–Crippen LogP) is 0.0632. The maximum Gasteiger partial charge on any atom is 0.245 e. The Labute approximate surface area is 87.6 Å². The van der Waals surface area contributed by atoms with Gasteiger partial charge in [0.15, 0.2) is 0 Å². The van der Waals surface area contributed by atoms with Crippen molar-refractivity contribution < 1.29 is 8.42 Å². The van der Waals surface area contributed by atoms with Crippen LogP contribution in [0.5, 0.6) is 0 Å². The van der Waals surface area contributed by atoms with E-state index in [2.05, 4.69) is 9.71 Å². The van der Waals surface area contributed by atoms with Crippen LogP contribution in [0.25, 0.3) is 0 Å². The van der Waals surface area contributed by atoms with E-state index in [1.54, 1.807) is 0 Å². The molecule has 0 spiro atoms. The van der Waals surface area contributed by atoms with Crippen molar-refractivity contribution in [3.05, 3.63) is 28.7 Å². The van der Waals surface area contributed by atoms with Crippen LogP contribution >= 0.6 is 0 Å². The quantitative estimate of drug-likeness (QED) is 0.765. The molecule has 1 aliphatic carbocycles. The normalized spacial score (nSPS) is 16.5. The molecule has 0 atom stereocenters. The standard InChI is InChI=1S/C9H12N2O3S/c12-8-3-4-10-6-9(8)15(13,14)11-5-7-1-2-7/h3-4,6-7,11H,1-2,5H2,(H,10,12). The van der Waals surface area contributed by atoms with Crippen LogP contribution in [-0.2, 0) is 10.0 Å². The van der Waals surface area contributed by atoms with Crippen LogP contribution in [0.2, 0.25) is 0 Å². The molecular formula is C9H12N2O3S.